The summed E-state index contributed by atoms with van der Waals surface area (Å²) < 4.78 is 18.5. The first-order valence-electron chi connectivity index (χ1n) is 8.44. The molecule has 0 bridgehead atoms. The van der Waals surface area contributed by atoms with E-state index in [2.05, 4.69) is 42.0 Å². The summed E-state index contributed by atoms with van der Waals surface area (Å²) in [6, 6.07) is 9.99. The van der Waals surface area contributed by atoms with E-state index in [1.54, 1.807) is 21.3 Å². The minimum atomic E-state index is 0.654. The number of aryl methyl sites for hydroxylation is 1. The predicted molar refractivity (Wildman–Crippen MR) is 112 cm³/mol. The Balaban J connectivity index is 2.24. The number of rotatable bonds is 10. The molecule has 0 fully saturated rings. The molecule has 0 aliphatic rings. The van der Waals surface area contributed by atoms with Crippen LogP contribution in [0.2, 0.25) is 0 Å². The van der Waals surface area contributed by atoms with Crippen LogP contribution in [0.1, 0.15) is 18.2 Å². The Hall–Kier alpha value is -1.79. The number of methoxy groups -OCH3 is 3. The number of aromatic nitrogens is 1. The summed E-state index contributed by atoms with van der Waals surface area (Å²) in [7, 11) is 8.72. The Morgan fingerprint density at radius 2 is 1.65 bits per heavy atom. The van der Waals surface area contributed by atoms with Crippen molar-refractivity contribution in [3.63, 3.8) is 0 Å². The Morgan fingerprint density at radius 3 is 2.35 bits per heavy atom. The lowest BCUT2D eigenvalue weighted by Gasteiger charge is -2.12. The fraction of sp³-hybridized carbons (Fsp3) is 0.350. The van der Waals surface area contributed by atoms with Gasteiger partial charge in [0.1, 0.15) is 5.75 Å². The Morgan fingerprint density at radius 1 is 0.923 bits per heavy atom. The van der Waals surface area contributed by atoms with Gasteiger partial charge in [-0.1, -0.05) is 28.5 Å². The Kier molecular flexibility index (Phi) is 8.71. The SMILES string of the molecule is CCSSCC[n+]1ccccc1/C=C/c1cc(OC)c(OC)cc1OC. The van der Waals surface area contributed by atoms with Gasteiger partial charge >= 0.3 is 0 Å². The molecule has 4 nitrogen and oxygen atoms in total. The van der Waals surface area contributed by atoms with E-state index in [0.29, 0.717) is 11.5 Å². The molecule has 0 radical (unpaired) electrons. The maximum absolute atomic E-state index is 5.50. The number of pyridine rings is 1. The summed E-state index contributed by atoms with van der Waals surface area (Å²) in [6.45, 7) is 3.15. The van der Waals surface area contributed by atoms with Gasteiger partial charge in [0.25, 0.3) is 0 Å². The maximum atomic E-state index is 5.50. The lowest BCUT2D eigenvalue weighted by molar-refractivity contribution is -0.694. The fourth-order valence-electron chi connectivity index (χ4n) is 2.48. The van der Waals surface area contributed by atoms with Crippen LogP contribution >= 0.6 is 21.6 Å². The fourth-order valence-corrected chi connectivity index (χ4v) is 4.11. The molecule has 0 spiro atoms. The topological polar surface area (TPSA) is 31.6 Å². The normalized spacial score (nSPS) is 10.9. The van der Waals surface area contributed by atoms with Gasteiger partial charge in [-0.15, -0.1) is 0 Å². The van der Waals surface area contributed by atoms with Crippen LogP contribution in [-0.4, -0.2) is 32.8 Å². The van der Waals surface area contributed by atoms with E-state index in [4.69, 9.17) is 14.2 Å². The van der Waals surface area contributed by atoms with Gasteiger partial charge < -0.3 is 14.2 Å². The number of hydrogen-bond donors (Lipinski definition) is 0. The van der Waals surface area contributed by atoms with Gasteiger partial charge in [0.15, 0.2) is 24.2 Å². The minimum absolute atomic E-state index is 0.654. The lowest BCUT2D eigenvalue weighted by Crippen LogP contribution is -2.37. The summed E-state index contributed by atoms with van der Waals surface area (Å²) >= 11 is 0. The predicted octanol–water partition coefficient (Wildman–Crippen LogP) is 4.57. The molecule has 6 heteroatoms. The van der Waals surface area contributed by atoms with Gasteiger partial charge in [0.05, 0.1) is 27.1 Å². The van der Waals surface area contributed by atoms with Gasteiger partial charge in [-0.05, 0) is 18.2 Å². The van der Waals surface area contributed by atoms with Gasteiger partial charge in [0, 0.05) is 35.6 Å². The van der Waals surface area contributed by atoms with Crippen LogP contribution in [0.3, 0.4) is 0 Å². The lowest BCUT2D eigenvalue weighted by atomic mass is 10.1. The standard InChI is InChI=1S/C20H26NO3S2/c1-5-25-26-13-12-21-11-7-6-8-17(21)10-9-16-14-19(23-3)20(24-4)15-18(16)22-2/h6-11,14-15H,5,12-13H2,1-4H3/q+1/b10-9+. The van der Waals surface area contributed by atoms with Crippen molar-refractivity contribution in [3.05, 3.63) is 47.8 Å². The van der Waals surface area contributed by atoms with E-state index in [0.717, 1.165) is 35.1 Å². The summed E-state index contributed by atoms with van der Waals surface area (Å²) in [4.78, 5) is 0. The van der Waals surface area contributed by atoms with Crippen LogP contribution in [0.25, 0.3) is 12.2 Å². The summed E-state index contributed by atoms with van der Waals surface area (Å²) in [5.41, 5.74) is 2.09. The molecule has 0 unspecified atom stereocenters. The highest BCUT2D eigenvalue weighted by atomic mass is 33.1. The van der Waals surface area contributed by atoms with Crippen LogP contribution < -0.4 is 18.8 Å². The van der Waals surface area contributed by atoms with Gasteiger partial charge in [-0.3, -0.25) is 0 Å². The van der Waals surface area contributed by atoms with Crippen LogP contribution in [0.4, 0.5) is 0 Å². The van der Waals surface area contributed by atoms with Gasteiger partial charge in [-0.2, -0.15) is 4.57 Å². The third kappa shape index (κ3) is 5.61. The molecule has 1 heterocycles. The molecule has 2 aromatic rings. The van der Waals surface area contributed by atoms with Gasteiger partial charge in [-0.25, -0.2) is 0 Å². The van der Waals surface area contributed by atoms with E-state index < -0.39 is 0 Å². The van der Waals surface area contributed by atoms with Crippen molar-refractivity contribution in [2.75, 3.05) is 32.8 Å². The molecule has 1 aromatic carbocycles. The second-order valence-corrected chi connectivity index (χ2v) is 8.20. The molecule has 26 heavy (non-hydrogen) atoms. The van der Waals surface area contributed by atoms with E-state index in [-0.39, 0.29) is 0 Å². The molecule has 0 amide bonds. The summed E-state index contributed by atoms with van der Waals surface area (Å²) in [5, 5.41) is 0. The monoisotopic (exact) mass is 392 g/mol. The molecule has 0 saturated heterocycles. The van der Waals surface area contributed by atoms with E-state index >= 15 is 0 Å². The van der Waals surface area contributed by atoms with Crippen molar-refractivity contribution < 1.29 is 18.8 Å². The first-order chi connectivity index (χ1) is 12.7. The quantitative estimate of drug-likeness (QED) is 0.336. The molecule has 2 rings (SSSR count). The molecule has 0 saturated carbocycles. The largest absolute Gasteiger partial charge is 0.496 e. The second kappa shape index (κ2) is 11.0. The number of ether oxygens (including phenoxy) is 3. The van der Waals surface area contributed by atoms with Crippen molar-refractivity contribution >= 4 is 33.7 Å². The highest BCUT2D eigenvalue weighted by Crippen LogP contribution is 2.35. The van der Waals surface area contributed by atoms with Crippen molar-refractivity contribution in [2.24, 2.45) is 0 Å². The van der Waals surface area contributed by atoms with E-state index in [1.807, 2.05) is 39.8 Å². The first kappa shape index (κ1) is 20.5. The van der Waals surface area contributed by atoms with Crippen LogP contribution in [0.5, 0.6) is 17.2 Å². The van der Waals surface area contributed by atoms with Crippen LogP contribution in [0, 0.1) is 0 Å². The molecular formula is C20H26NO3S2+. The number of benzene rings is 1. The highest BCUT2D eigenvalue weighted by molar-refractivity contribution is 8.76. The highest BCUT2D eigenvalue weighted by Gasteiger charge is 2.11. The zero-order valence-electron chi connectivity index (χ0n) is 15.7. The van der Waals surface area contributed by atoms with E-state index in [1.165, 1.54) is 0 Å². The molecule has 1 aromatic heterocycles. The zero-order valence-corrected chi connectivity index (χ0v) is 17.4. The molecular weight excluding hydrogens is 366 g/mol. The van der Waals surface area contributed by atoms with Crippen molar-refractivity contribution in [2.45, 2.75) is 13.5 Å². The smallest absolute Gasteiger partial charge is 0.205 e. The van der Waals surface area contributed by atoms with Crippen molar-refractivity contribution in [3.8, 4) is 17.2 Å². The third-order valence-electron chi connectivity index (χ3n) is 3.76. The Labute approximate surface area is 163 Å². The zero-order chi connectivity index (χ0) is 18.8. The third-order valence-corrected chi connectivity index (χ3v) is 6.22. The van der Waals surface area contributed by atoms with Crippen molar-refractivity contribution in [1.29, 1.82) is 0 Å². The van der Waals surface area contributed by atoms with Crippen LogP contribution in [-0.2, 0) is 6.54 Å². The first-order valence-corrected chi connectivity index (χ1v) is 10.9. The Bertz CT molecular complexity index is 735. The van der Waals surface area contributed by atoms with Crippen molar-refractivity contribution in [1.82, 2.24) is 0 Å². The molecule has 0 aliphatic carbocycles. The van der Waals surface area contributed by atoms with Crippen LogP contribution in [0.15, 0.2) is 36.5 Å². The molecule has 0 N–H and O–H groups in total. The molecule has 0 aliphatic heterocycles. The molecule has 140 valence electrons. The summed E-state index contributed by atoms with van der Waals surface area (Å²) in [5.74, 6) is 4.30. The number of nitrogens with zero attached hydrogens (tertiary/aromatic N) is 1. The average molecular weight is 393 g/mol. The summed E-state index contributed by atoms with van der Waals surface area (Å²) in [6.07, 6.45) is 6.25. The second-order valence-electron chi connectivity index (χ2n) is 5.33. The maximum Gasteiger partial charge on any atom is 0.205 e. The number of hydrogen-bond acceptors (Lipinski definition) is 5. The molecule has 0 atom stereocenters. The minimum Gasteiger partial charge on any atom is -0.496 e. The van der Waals surface area contributed by atoms with Gasteiger partial charge in [0.2, 0.25) is 5.69 Å². The van der Waals surface area contributed by atoms with E-state index in [9.17, 15) is 0 Å². The average Bonchev–Trinajstić information content (AvgIpc) is 2.69.